The first-order chi connectivity index (χ1) is 7.91. The summed E-state index contributed by atoms with van der Waals surface area (Å²) in [6.45, 7) is 3.70. The maximum atomic E-state index is 10.8. The summed E-state index contributed by atoms with van der Waals surface area (Å²) >= 11 is 0. The van der Waals surface area contributed by atoms with Crippen LogP contribution in [0, 0.1) is 38.0 Å². The molecule has 0 aromatic heterocycles. The van der Waals surface area contributed by atoms with Gasteiger partial charge < -0.3 is 0 Å². The highest BCUT2D eigenvalue weighted by atomic mass is 16.6. The normalized spacial score (nSPS) is 9.59. The molecule has 1 aromatic carbocycles. The first-order valence-corrected chi connectivity index (χ1v) is 4.86. The molecule has 0 amide bonds. The number of nitro benzene ring substituents is 2. The van der Waals surface area contributed by atoms with Gasteiger partial charge in [0.2, 0.25) is 0 Å². The highest BCUT2D eigenvalue weighted by Gasteiger charge is 2.17. The molecule has 0 N–H and O–H groups in total. The summed E-state index contributed by atoms with van der Waals surface area (Å²) in [5.41, 5.74) is -0.464. The molecular formula is C11H10N2O4. The summed E-state index contributed by atoms with van der Waals surface area (Å²) in [6, 6.07) is 3.42. The molecule has 0 unspecified atom stereocenters. The molecule has 88 valence electrons. The average molecular weight is 234 g/mol. The van der Waals surface area contributed by atoms with E-state index in [-0.39, 0.29) is 22.9 Å². The van der Waals surface area contributed by atoms with Crippen molar-refractivity contribution in [1.29, 1.82) is 0 Å². The first kappa shape index (κ1) is 12.6. The van der Waals surface area contributed by atoms with Crippen molar-refractivity contribution in [2.24, 2.45) is 5.92 Å². The zero-order valence-corrected chi connectivity index (χ0v) is 9.34. The molecule has 0 aliphatic heterocycles. The Kier molecular flexibility index (Phi) is 3.78. The van der Waals surface area contributed by atoms with Gasteiger partial charge in [0.15, 0.2) is 0 Å². The van der Waals surface area contributed by atoms with Gasteiger partial charge in [0.1, 0.15) is 5.56 Å². The molecule has 0 heterocycles. The van der Waals surface area contributed by atoms with Crippen LogP contribution in [-0.4, -0.2) is 9.85 Å². The third-order valence-corrected chi connectivity index (χ3v) is 1.88. The fourth-order valence-electron chi connectivity index (χ4n) is 1.11. The van der Waals surface area contributed by atoms with Crippen LogP contribution < -0.4 is 0 Å². The number of non-ortho nitro benzene ring substituents is 1. The van der Waals surface area contributed by atoms with Crippen LogP contribution in [0.1, 0.15) is 19.4 Å². The summed E-state index contributed by atoms with van der Waals surface area (Å²) in [5.74, 6) is 5.50. The number of benzene rings is 1. The Labute approximate surface area is 97.6 Å². The van der Waals surface area contributed by atoms with Crippen LogP contribution in [0.2, 0.25) is 0 Å². The Morgan fingerprint density at radius 3 is 2.29 bits per heavy atom. The summed E-state index contributed by atoms with van der Waals surface area (Å²) in [7, 11) is 0. The Balaban J connectivity index is 3.29. The fraction of sp³-hybridized carbons (Fsp3) is 0.273. The second kappa shape index (κ2) is 5.07. The molecule has 0 aliphatic carbocycles. The summed E-state index contributed by atoms with van der Waals surface area (Å²) in [4.78, 5) is 19.9. The molecule has 0 spiro atoms. The van der Waals surface area contributed by atoms with Gasteiger partial charge in [0, 0.05) is 12.0 Å². The molecule has 6 nitrogen and oxygen atoms in total. The van der Waals surface area contributed by atoms with E-state index in [4.69, 9.17) is 0 Å². The highest BCUT2D eigenvalue weighted by molar-refractivity contribution is 5.56. The Bertz CT molecular complexity index is 526. The predicted octanol–water partition coefficient (Wildman–Crippen LogP) is 2.51. The lowest BCUT2D eigenvalue weighted by Crippen LogP contribution is -1.95. The Morgan fingerprint density at radius 2 is 1.82 bits per heavy atom. The third kappa shape index (κ3) is 3.28. The SMILES string of the molecule is CC(C)C#Cc1ccc([N+](=O)[O-])cc1[N+](=O)[O-]. The molecule has 0 bridgehead atoms. The van der Waals surface area contributed by atoms with Crippen LogP contribution in [0.15, 0.2) is 18.2 Å². The van der Waals surface area contributed by atoms with Crippen LogP contribution in [-0.2, 0) is 0 Å². The van der Waals surface area contributed by atoms with E-state index in [9.17, 15) is 20.2 Å². The number of nitro groups is 2. The molecule has 0 atom stereocenters. The monoisotopic (exact) mass is 234 g/mol. The Hall–Kier alpha value is -2.42. The van der Waals surface area contributed by atoms with E-state index in [1.165, 1.54) is 12.1 Å². The van der Waals surface area contributed by atoms with E-state index in [2.05, 4.69) is 11.8 Å². The van der Waals surface area contributed by atoms with Gasteiger partial charge in [-0.3, -0.25) is 20.2 Å². The second-order valence-corrected chi connectivity index (χ2v) is 3.64. The smallest absolute Gasteiger partial charge is 0.258 e. The van der Waals surface area contributed by atoms with Gasteiger partial charge in [0.25, 0.3) is 11.4 Å². The van der Waals surface area contributed by atoms with Crippen molar-refractivity contribution in [1.82, 2.24) is 0 Å². The molecule has 0 aliphatic rings. The molecule has 6 heteroatoms. The predicted molar refractivity (Wildman–Crippen MR) is 61.5 cm³/mol. The van der Waals surface area contributed by atoms with Gasteiger partial charge in [-0.15, -0.1) is 0 Å². The quantitative estimate of drug-likeness (QED) is 0.447. The van der Waals surface area contributed by atoms with E-state index in [0.29, 0.717) is 0 Å². The second-order valence-electron chi connectivity index (χ2n) is 3.64. The van der Waals surface area contributed by atoms with Crippen molar-refractivity contribution in [3.63, 3.8) is 0 Å². The lowest BCUT2D eigenvalue weighted by Gasteiger charge is -1.96. The highest BCUT2D eigenvalue weighted by Crippen LogP contribution is 2.23. The van der Waals surface area contributed by atoms with Crippen LogP contribution in [0.3, 0.4) is 0 Å². The fourth-order valence-corrected chi connectivity index (χ4v) is 1.11. The summed E-state index contributed by atoms with van der Waals surface area (Å²) < 4.78 is 0. The van der Waals surface area contributed by atoms with Crippen molar-refractivity contribution >= 4 is 11.4 Å². The van der Waals surface area contributed by atoms with E-state index in [1.54, 1.807) is 0 Å². The van der Waals surface area contributed by atoms with Crippen molar-refractivity contribution < 1.29 is 9.85 Å². The standard InChI is InChI=1S/C11H10N2O4/c1-8(2)3-4-9-5-6-10(12(14)15)7-11(9)13(16)17/h5-8H,1-2H3. The van der Waals surface area contributed by atoms with Crippen molar-refractivity contribution in [3.8, 4) is 11.8 Å². The van der Waals surface area contributed by atoms with Gasteiger partial charge in [-0.2, -0.15) is 0 Å². The number of rotatable bonds is 2. The molecule has 17 heavy (non-hydrogen) atoms. The minimum atomic E-state index is -0.674. The van der Waals surface area contributed by atoms with E-state index in [1.807, 2.05) is 13.8 Å². The van der Waals surface area contributed by atoms with Gasteiger partial charge in [-0.05, 0) is 6.07 Å². The van der Waals surface area contributed by atoms with Gasteiger partial charge >= 0.3 is 0 Å². The number of nitrogens with zero attached hydrogens (tertiary/aromatic N) is 2. The lowest BCUT2D eigenvalue weighted by atomic mass is 10.1. The van der Waals surface area contributed by atoms with Crippen molar-refractivity contribution in [3.05, 3.63) is 44.0 Å². The van der Waals surface area contributed by atoms with E-state index >= 15 is 0 Å². The Morgan fingerprint density at radius 1 is 1.18 bits per heavy atom. The topological polar surface area (TPSA) is 86.3 Å². The minimum Gasteiger partial charge on any atom is -0.258 e. The molecule has 1 rings (SSSR count). The van der Waals surface area contributed by atoms with E-state index in [0.717, 1.165) is 6.07 Å². The maximum Gasteiger partial charge on any atom is 0.291 e. The number of hydrogen-bond acceptors (Lipinski definition) is 4. The lowest BCUT2D eigenvalue weighted by molar-refractivity contribution is -0.394. The first-order valence-electron chi connectivity index (χ1n) is 4.86. The van der Waals surface area contributed by atoms with Crippen molar-refractivity contribution in [2.75, 3.05) is 0 Å². The zero-order chi connectivity index (χ0) is 13.0. The van der Waals surface area contributed by atoms with Gasteiger partial charge in [0.05, 0.1) is 15.9 Å². The average Bonchev–Trinajstić information content (AvgIpc) is 2.25. The summed E-state index contributed by atoms with van der Waals surface area (Å²) in [6.07, 6.45) is 0. The summed E-state index contributed by atoms with van der Waals surface area (Å²) in [5, 5.41) is 21.3. The molecule has 0 radical (unpaired) electrons. The van der Waals surface area contributed by atoms with Gasteiger partial charge in [-0.25, -0.2) is 0 Å². The molecule has 0 saturated carbocycles. The molecule has 0 fully saturated rings. The number of hydrogen-bond donors (Lipinski definition) is 0. The molecule has 0 saturated heterocycles. The van der Waals surface area contributed by atoms with E-state index < -0.39 is 9.85 Å². The zero-order valence-electron chi connectivity index (χ0n) is 9.34. The van der Waals surface area contributed by atoms with Crippen LogP contribution in [0.25, 0.3) is 0 Å². The molecule has 1 aromatic rings. The van der Waals surface area contributed by atoms with Crippen LogP contribution in [0.4, 0.5) is 11.4 Å². The minimum absolute atomic E-state index is 0.0739. The third-order valence-electron chi connectivity index (χ3n) is 1.88. The molecular weight excluding hydrogens is 224 g/mol. The van der Waals surface area contributed by atoms with Crippen LogP contribution in [0.5, 0.6) is 0 Å². The largest absolute Gasteiger partial charge is 0.291 e. The van der Waals surface area contributed by atoms with Gasteiger partial charge in [-0.1, -0.05) is 25.7 Å². The maximum absolute atomic E-state index is 10.8. The van der Waals surface area contributed by atoms with Crippen LogP contribution >= 0.6 is 0 Å². The van der Waals surface area contributed by atoms with Crippen molar-refractivity contribution in [2.45, 2.75) is 13.8 Å².